The summed E-state index contributed by atoms with van der Waals surface area (Å²) in [6.45, 7) is 7.07. The molecular formula is C24H27N5O6S. The number of amides is 2. The number of nitrogens with zero attached hydrogens (tertiary/aromatic N) is 4. The monoisotopic (exact) mass is 513 g/mol. The van der Waals surface area contributed by atoms with Crippen LogP contribution in [0.25, 0.3) is 10.2 Å². The minimum Gasteiger partial charge on any atom is -0.495 e. The Morgan fingerprint density at radius 3 is 2.61 bits per heavy atom. The summed E-state index contributed by atoms with van der Waals surface area (Å²) in [6, 6.07) is 3.88. The molecule has 12 heteroatoms. The lowest BCUT2D eigenvalue weighted by Gasteiger charge is -2.35. The van der Waals surface area contributed by atoms with Gasteiger partial charge in [-0.2, -0.15) is 0 Å². The van der Waals surface area contributed by atoms with E-state index in [1.54, 1.807) is 11.8 Å². The average Bonchev–Trinajstić information content (AvgIpc) is 3.17. The Morgan fingerprint density at radius 1 is 1.28 bits per heavy atom. The van der Waals surface area contributed by atoms with E-state index >= 15 is 0 Å². The minimum absolute atomic E-state index is 0.122. The molecule has 1 fully saturated rings. The number of nitro groups is 1. The number of rotatable bonds is 6. The van der Waals surface area contributed by atoms with Crippen molar-refractivity contribution in [2.24, 2.45) is 11.8 Å². The normalized spacial score (nSPS) is 17.7. The van der Waals surface area contributed by atoms with Gasteiger partial charge in [0.15, 0.2) is 0 Å². The minimum atomic E-state index is -0.571. The summed E-state index contributed by atoms with van der Waals surface area (Å²) in [5.74, 6) is 0.376. The molecule has 0 aliphatic carbocycles. The van der Waals surface area contributed by atoms with Crippen molar-refractivity contribution in [1.29, 1.82) is 0 Å². The number of carbonyl (C=O) groups excluding carboxylic acids is 2. The van der Waals surface area contributed by atoms with Crippen LogP contribution in [-0.4, -0.2) is 51.4 Å². The number of carbonyl (C=O) groups is 2. The van der Waals surface area contributed by atoms with E-state index in [2.05, 4.69) is 24.1 Å². The number of piperidine rings is 1. The number of hydrogen-bond donors (Lipinski definition) is 1. The summed E-state index contributed by atoms with van der Waals surface area (Å²) in [5, 5.41) is 14.0. The van der Waals surface area contributed by atoms with Crippen LogP contribution in [0.1, 0.15) is 35.5 Å². The van der Waals surface area contributed by atoms with Crippen LogP contribution in [0.3, 0.4) is 0 Å². The lowest BCUT2D eigenvalue weighted by Crippen LogP contribution is -2.44. The molecule has 4 rings (SSSR count). The third-order valence-corrected chi connectivity index (χ3v) is 7.49. The van der Waals surface area contributed by atoms with Gasteiger partial charge >= 0.3 is 0 Å². The number of ether oxygens (including phenoxy) is 1. The number of methoxy groups -OCH3 is 1. The first kappa shape index (κ1) is 25.3. The van der Waals surface area contributed by atoms with Gasteiger partial charge in [-0.3, -0.25) is 29.1 Å². The number of anilines is 1. The van der Waals surface area contributed by atoms with E-state index in [1.165, 1.54) is 36.2 Å². The summed E-state index contributed by atoms with van der Waals surface area (Å²) < 4.78 is 6.48. The summed E-state index contributed by atoms with van der Waals surface area (Å²) in [6.07, 6.45) is 2.40. The molecule has 0 bridgehead atoms. The maximum Gasteiger partial charge on any atom is 0.271 e. The number of nitro benzene ring substituents is 1. The molecule has 0 radical (unpaired) electrons. The third kappa shape index (κ3) is 4.94. The summed E-state index contributed by atoms with van der Waals surface area (Å²) in [5.41, 5.74) is -0.0380. The van der Waals surface area contributed by atoms with E-state index in [0.717, 1.165) is 17.8 Å². The van der Waals surface area contributed by atoms with Crippen LogP contribution < -0.4 is 15.6 Å². The highest BCUT2D eigenvalue weighted by atomic mass is 32.1. The van der Waals surface area contributed by atoms with Crippen LogP contribution in [0.5, 0.6) is 5.75 Å². The van der Waals surface area contributed by atoms with Crippen molar-refractivity contribution in [1.82, 2.24) is 14.5 Å². The van der Waals surface area contributed by atoms with Gasteiger partial charge in [-0.15, -0.1) is 11.3 Å². The number of aryl methyl sites for hydroxylation is 1. The van der Waals surface area contributed by atoms with Gasteiger partial charge in [-0.1, -0.05) is 13.8 Å². The van der Waals surface area contributed by atoms with Crippen molar-refractivity contribution in [3.63, 3.8) is 0 Å². The standard InChI is InChI=1S/C24H27N5O6S/c1-13-7-14(2)10-27(9-13)19(30)11-28-12-25-23-20(24(28)32)15(3)21(36-23)22(31)26-17-8-16(29(33)34)5-6-18(17)35-4/h5-6,8,12-14H,7,9-11H2,1-4H3,(H,26,31)/t13-,14-/m0/s1. The van der Waals surface area contributed by atoms with Crippen molar-refractivity contribution in [2.45, 2.75) is 33.7 Å². The molecule has 0 unspecified atom stereocenters. The molecule has 3 aromatic rings. The molecule has 2 amide bonds. The van der Waals surface area contributed by atoms with Crippen LogP contribution in [0, 0.1) is 28.9 Å². The zero-order valence-electron chi connectivity index (χ0n) is 20.4. The predicted molar refractivity (Wildman–Crippen MR) is 136 cm³/mol. The largest absolute Gasteiger partial charge is 0.495 e. The zero-order valence-corrected chi connectivity index (χ0v) is 21.3. The van der Waals surface area contributed by atoms with Crippen LogP contribution in [0.2, 0.25) is 0 Å². The van der Waals surface area contributed by atoms with Crippen molar-refractivity contribution in [3.05, 3.63) is 55.4 Å². The Hall–Kier alpha value is -3.80. The van der Waals surface area contributed by atoms with Gasteiger partial charge in [-0.25, -0.2) is 4.98 Å². The highest BCUT2D eigenvalue weighted by Crippen LogP contribution is 2.32. The molecule has 1 saturated heterocycles. The van der Waals surface area contributed by atoms with E-state index in [0.29, 0.717) is 35.3 Å². The number of thiophene rings is 1. The first-order chi connectivity index (χ1) is 17.1. The van der Waals surface area contributed by atoms with Gasteiger partial charge < -0.3 is 15.0 Å². The molecule has 1 aliphatic rings. The second-order valence-electron chi connectivity index (χ2n) is 9.25. The van der Waals surface area contributed by atoms with Gasteiger partial charge in [0.25, 0.3) is 17.2 Å². The van der Waals surface area contributed by atoms with Crippen molar-refractivity contribution in [2.75, 3.05) is 25.5 Å². The Kier molecular flexibility index (Phi) is 7.07. The Labute approximate surface area is 210 Å². The number of hydrogen-bond acceptors (Lipinski definition) is 8. The van der Waals surface area contributed by atoms with E-state index in [9.17, 15) is 24.5 Å². The molecule has 0 saturated carbocycles. The lowest BCUT2D eigenvalue weighted by molar-refractivity contribution is -0.384. The van der Waals surface area contributed by atoms with Crippen LogP contribution in [0.15, 0.2) is 29.3 Å². The quantitative estimate of drug-likeness (QED) is 0.394. The van der Waals surface area contributed by atoms with Gasteiger partial charge in [-0.05, 0) is 36.8 Å². The number of nitrogens with one attached hydrogen (secondary N) is 1. The van der Waals surface area contributed by atoms with Crippen molar-refractivity contribution < 1.29 is 19.2 Å². The average molecular weight is 514 g/mol. The number of non-ortho nitro benzene ring substituents is 1. The summed E-state index contributed by atoms with van der Waals surface area (Å²) in [7, 11) is 1.39. The van der Waals surface area contributed by atoms with E-state index in [-0.39, 0.29) is 39.8 Å². The molecular weight excluding hydrogens is 486 g/mol. The summed E-state index contributed by atoms with van der Waals surface area (Å²) in [4.78, 5) is 56.5. The van der Waals surface area contributed by atoms with Gasteiger partial charge in [0.05, 0.1) is 34.3 Å². The highest BCUT2D eigenvalue weighted by molar-refractivity contribution is 7.20. The number of aromatic nitrogens is 2. The Balaban J connectivity index is 1.61. The van der Waals surface area contributed by atoms with Crippen LogP contribution in [0.4, 0.5) is 11.4 Å². The lowest BCUT2D eigenvalue weighted by atomic mass is 9.92. The van der Waals surface area contributed by atoms with Crippen molar-refractivity contribution in [3.8, 4) is 5.75 Å². The first-order valence-corrected chi connectivity index (χ1v) is 12.3. The third-order valence-electron chi connectivity index (χ3n) is 6.29. The molecule has 0 spiro atoms. The predicted octanol–water partition coefficient (Wildman–Crippen LogP) is 3.44. The van der Waals surface area contributed by atoms with Gasteiger partial charge in [0.1, 0.15) is 17.1 Å². The van der Waals surface area contributed by atoms with Gasteiger partial charge in [0.2, 0.25) is 5.91 Å². The molecule has 11 nitrogen and oxygen atoms in total. The van der Waals surface area contributed by atoms with E-state index in [1.807, 2.05) is 0 Å². The SMILES string of the molecule is COc1ccc([N+](=O)[O-])cc1NC(=O)c1sc2ncn(CC(=O)N3C[C@@H](C)C[C@H](C)C3)c(=O)c2c1C. The maximum atomic E-state index is 13.2. The fourth-order valence-corrected chi connectivity index (χ4v) is 5.72. The topological polar surface area (TPSA) is 137 Å². The molecule has 1 N–H and O–H groups in total. The fourth-order valence-electron chi connectivity index (χ4n) is 4.69. The smallest absolute Gasteiger partial charge is 0.271 e. The molecule has 3 heterocycles. The zero-order chi connectivity index (χ0) is 26.1. The molecule has 1 aromatic carbocycles. The summed E-state index contributed by atoms with van der Waals surface area (Å²) >= 11 is 1.04. The molecule has 36 heavy (non-hydrogen) atoms. The van der Waals surface area contributed by atoms with Crippen molar-refractivity contribution >= 4 is 44.7 Å². The Morgan fingerprint density at radius 2 is 1.97 bits per heavy atom. The van der Waals surface area contributed by atoms with E-state index < -0.39 is 16.4 Å². The molecule has 190 valence electrons. The fraction of sp³-hybridized carbons (Fsp3) is 0.417. The number of benzene rings is 1. The first-order valence-electron chi connectivity index (χ1n) is 11.5. The highest BCUT2D eigenvalue weighted by Gasteiger charge is 2.27. The number of fused-ring (bicyclic) bond motifs is 1. The van der Waals surface area contributed by atoms with E-state index in [4.69, 9.17) is 4.74 Å². The molecule has 1 aliphatic heterocycles. The molecule has 2 atom stereocenters. The van der Waals surface area contributed by atoms with Crippen LogP contribution >= 0.6 is 11.3 Å². The second kappa shape index (κ2) is 10.1. The second-order valence-corrected chi connectivity index (χ2v) is 10.3. The van der Waals surface area contributed by atoms with Crippen LogP contribution in [-0.2, 0) is 11.3 Å². The number of likely N-dealkylation sites (tertiary alicyclic amines) is 1. The molecule has 2 aromatic heterocycles. The van der Waals surface area contributed by atoms with Gasteiger partial charge in [0, 0.05) is 25.2 Å². The maximum absolute atomic E-state index is 13.2. The Bertz CT molecular complexity index is 1400.